The van der Waals surface area contributed by atoms with E-state index in [9.17, 15) is 24.3 Å². The van der Waals surface area contributed by atoms with Crippen molar-refractivity contribution in [1.82, 2.24) is 10.2 Å². The summed E-state index contributed by atoms with van der Waals surface area (Å²) < 4.78 is 4.69. The highest BCUT2D eigenvalue weighted by atomic mass is 35.5. The molecule has 2 fully saturated rings. The molecular weight excluding hydrogens is 463 g/mol. The fraction of sp³-hybridized carbons (Fsp3) is 0.412. The van der Waals surface area contributed by atoms with Crippen LogP contribution in [-0.2, 0) is 23.9 Å². The van der Waals surface area contributed by atoms with Crippen molar-refractivity contribution < 1.29 is 29.0 Å². The number of fused-ring (bicyclic) bond motifs is 1. The number of carboxylic acids is 1. The Labute approximate surface area is 184 Å². The van der Waals surface area contributed by atoms with Crippen LogP contribution in [0.3, 0.4) is 0 Å². The molecule has 2 N–H and O–H groups in total. The summed E-state index contributed by atoms with van der Waals surface area (Å²) in [7, 11) is 0. The number of carbonyl (C=O) groups is 4. The number of thioether (sulfide) groups is 1. The lowest BCUT2D eigenvalue weighted by atomic mass is 9.88. The number of thiophene rings is 1. The van der Waals surface area contributed by atoms with Gasteiger partial charge in [0.25, 0.3) is 5.91 Å². The van der Waals surface area contributed by atoms with E-state index in [-0.39, 0.29) is 29.0 Å². The van der Waals surface area contributed by atoms with E-state index < -0.39 is 40.6 Å². The maximum absolute atomic E-state index is 12.7. The van der Waals surface area contributed by atoms with E-state index in [2.05, 4.69) is 5.32 Å². The Morgan fingerprint density at radius 2 is 2.14 bits per heavy atom. The number of hydrogen-bond donors (Lipinski definition) is 2. The number of halogens is 2. The van der Waals surface area contributed by atoms with Crippen LogP contribution >= 0.6 is 46.3 Å². The average Bonchev–Trinajstić information content (AvgIpc) is 3.17. The Bertz CT molecular complexity index is 886. The third-order valence-corrected chi connectivity index (χ3v) is 7.31. The van der Waals surface area contributed by atoms with E-state index in [4.69, 9.17) is 27.9 Å². The number of carbonyl (C=O) groups excluding carboxylic acids is 3. The number of esters is 1. The molecular formula is C17H16Cl2N2O6S2. The Kier molecular flexibility index (Phi) is 6.47. The van der Waals surface area contributed by atoms with Crippen molar-refractivity contribution in [2.75, 3.05) is 18.9 Å². The SMILES string of the molecule is CC(=O)OCC1(C(=O)O)CS[C@@H]2C(NC(=O)C(=C(Cl)Cl)c3ccsc3)C(=O)N2C1. The average molecular weight is 479 g/mol. The van der Waals surface area contributed by atoms with E-state index in [1.165, 1.54) is 34.9 Å². The van der Waals surface area contributed by atoms with Crippen molar-refractivity contribution in [3.63, 3.8) is 0 Å². The van der Waals surface area contributed by atoms with Crippen molar-refractivity contribution in [1.29, 1.82) is 0 Å². The minimum absolute atomic E-state index is 0.0661. The molecule has 0 aromatic carbocycles. The third-order valence-electron chi connectivity index (χ3n) is 4.66. The van der Waals surface area contributed by atoms with Gasteiger partial charge in [-0.15, -0.1) is 11.8 Å². The zero-order valence-corrected chi connectivity index (χ0v) is 18.2. The van der Waals surface area contributed by atoms with Gasteiger partial charge in [-0.25, -0.2) is 0 Å². The van der Waals surface area contributed by atoms with Crippen LogP contribution in [0.1, 0.15) is 12.5 Å². The van der Waals surface area contributed by atoms with E-state index in [0.29, 0.717) is 5.56 Å². The molecule has 3 rings (SSSR count). The first-order chi connectivity index (χ1) is 13.7. The molecule has 8 nitrogen and oxygen atoms in total. The fourth-order valence-electron chi connectivity index (χ4n) is 3.09. The molecule has 2 saturated heterocycles. The van der Waals surface area contributed by atoms with Crippen LogP contribution in [-0.4, -0.2) is 64.1 Å². The molecule has 1 aromatic heterocycles. The maximum atomic E-state index is 12.7. The third kappa shape index (κ3) is 4.25. The summed E-state index contributed by atoms with van der Waals surface area (Å²) >= 11 is 14.3. The van der Waals surface area contributed by atoms with Gasteiger partial charge in [0.05, 0.1) is 5.57 Å². The number of hydrogen-bond acceptors (Lipinski definition) is 7. The number of nitrogens with zero attached hydrogens (tertiary/aromatic N) is 1. The first-order valence-corrected chi connectivity index (χ1v) is 11.1. The number of β-lactam (4-membered cyclic amide) rings is 1. The molecule has 3 heterocycles. The molecule has 0 spiro atoms. The summed E-state index contributed by atoms with van der Waals surface area (Å²) in [6, 6.07) is 0.861. The largest absolute Gasteiger partial charge is 0.481 e. The smallest absolute Gasteiger partial charge is 0.315 e. The van der Waals surface area contributed by atoms with Crippen molar-refractivity contribution in [2.45, 2.75) is 18.3 Å². The Balaban J connectivity index is 1.70. The van der Waals surface area contributed by atoms with E-state index in [1.54, 1.807) is 16.8 Å². The summed E-state index contributed by atoms with van der Waals surface area (Å²) in [4.78, 5) is 49.5. The topological polar surface area (TPSA) is 113 Å². The second-order valence-corrected chi connectivity index (χ2v) is 9.47. The molecule has 12 heteroatoms. The van der Waals surface area contributed by atoms with Gasteiger partial charge in [0.1, 0.15) is 27.9 Å². The number of nitrogens with one attached hydrogen (secondary N) is 1. The molecule has 29 heavy (non-hydrogen) atoms. The molecule has 0 bridgehead atoms. The number of aliphatic carboxylic acids is 1. The van der Waals surface area contributed by atoms with Gasteiger partial charge < -0.3 is 20.1 Å². The summed E-state index contributed by atoms with van der Waals surface area (Å²) in [6.45, 7) is 0.752. The van der Waals surface area contributed by atoms with Crippen molar-refractivity contribution in [3.8, 4) is 0 Å². The summed E-state index contributed by atoms with van der Waals surface area (Å²) in [5.74, 6) is -2.62. The van der Waals surface area contributed by atoms with Gasteiger partial charge in [0, 0.05) is 24.8 Å². The zero-order valence-electron chi connectivity index (χ0n) is 15.0. The van der Waals surface area contributed by atoms with Crippen LogP contribution in [0.2, 0.25) is 0 Å². The van der Waals surface area contributed by atoms with Gasteiger partial charge in [-0.05, 0) is 16.8 Å². The highest BCUT2D eigenvalue weighted by Gasteiger charge is 2.58. The summed E-state index contributed by atoms with van der Waals surface area (Å²) in [5, 5.41) is 15.3. The van der Waals surface area contributed by atoms with Crippen LogP contribution < -0.4 is 5.32 Å². The molecule has 2 unspecified atom stereocenters. The van der Waals surface area contributed by atoms with Gasteiger partial charge in [-0.3, -0.25) is 19.2 Å². The minimum Gasteiger partial charge on any atom is -0.481 e. The van der Waals surface area contributed by atoms with Gasteiger partial charge >= 0.3 is 11.9 Å². The predicted octanol–water partition coefficient (Wildman–Crippen LogP) is 1.93. The molecule has 1 aromatic rings. The predicted molar refractivity (Wildman–Crippen MR) is 110 cm³/mol. The van der Waals surface area contributed by atoms with Crippen molar-refractivity contribution >= 4 is 75.6 Å². The second kappa shape index (κ2) is 8.55. The summed E-state index contributed by atoms with van der Waals surface area (Å²) in [6.07, 6.45) is 0. The molecule has 0 radical (unpaired) electrons. The Hall–Kier alpha value is -1.75. The van der Waals surface area contributed by atoms with Crippen LogP contribution in [0, 0.1) is 5.41 Å². The Morgan fingerprint density at radius 1 is 1.41 bits per heavy atom. The minimum atomic E-state index is -1.39. The monoisotopic (exact) mass is 478 g/mol. The van der Waals surface area contributed by atoms with E-state index in [0.717, 1.165) is 0 Å². The van der Waals surface area contributed by atoms with Gasteiger partial charge in [-0.2, -0.15) is 11.3 Å². The zero-order chi connectivity index (χ0) is 21.3. The van der Waals surface area contributed by atoms with Gasteiger partial charge in [-0.1, -0.05) is 23.2 Å². The molecule has 3 atom stereocenters. The molecule has 2 aliphatic heterocycles. The van der Waals surface area contributed by atoms with Crippen LogP contribution in [0.15, 0.2) is 21.3 Å². The normalized spacial score (nSPS) is 25.5. The maximum Gasteiger partial charge on any atom is 0.315 e. The lowest BCUT2D eigenvalue weighted by molar-refractivity contribution is -0.164. The first kappa shape index (κ1) is 21.9. The van der Waals surface area contributed by atoms with Crippen molar-refractivity contribution in [2.24, 2.45) is 5.41 Å². The number of amides is 2. The molecule has 156 valence electrons. The molecule has 0 aliphatic carbocycles. The second-order valence-electron chi connectivity index (χ2n) is 6.63. The first-order valence-electron chi connectivity index (χ1n) is 8.34. The molecule has 0 saturated carbocycles. The number of ether oxygens (including phenoxy) is 1. The van der Waals surface area contributed by atoms with Gasteiger partial charge in [0.2, 0.25) is 5.91 Å². The van der Waals surface area contributed by atoms with Gasteiger partial charge in [0.15, 0.2) is 0 Å². The van der Waals surface area contributed by atoms with Crippen LogP contribution in [0.5, 0.6) is 0 Å². The molecule has 2 amide bonds. The number of rotatable bonds is 6. The summed E-state index contributed by atoms with van der Waals surface area (Å²) in [5.41, 5.74) is -0.784. The van der Waals surface area contributed by atoms with Crippen LogP contribution in [0.25, 0.3) is 5.57 Å². The standard InChI is InChI=1S/C17H16Cl2N2O6S2/c1-8(22)27-6-17(16(25)26)5-21-14(24)11(15(21)29-7-17)20-13(23)10(12(18)19)9-2-3-28-4-9/h2-4,11,15H,5-7H2,1H3,(H,20,23)(H,25,26)/t11?,15-,17?/m1/s1. The quantitative estimate of drug-likeness (QED) is 0.364. The van der Waals surface area contributed by atoms with E-state index in [1.807, 2.05) is 0 Å². The lowest BCUT2D eigenvalue weighted by Gasteiger charge is -2.53. The lowest BCUT2D eigenvalue weighted by Crippen LogP contribution is -2.74. The highest BCUT2D eigenvalue weighted by molar-refractivity contribution is 8.00. The van der Waals surface area contributed by atoms with E-state index >= 15 is 0 Å². The fourth-order valence-corrected chi connectivity index (χ4v) is 5.65. The van der Waals surface area contributed by atoms with Crippen molar-refractivity contribution in [3.05, 3.63) is 26.9 Å². The van der Waals surface area contributed by atoms with Crippen LogP contribution in [0.4, 0.5) is 0 Å². The Morgan fingerprint density at radius 3 is 2.69 bits per heavy atom. The highest BCUT2D eigenvalue weighted by Crippen LogP contribution is 2.42. The molecule has 2 aliphatic rings. The number of carboxylic acid groups (broad SMARTS) is 1.